The number of ether oxygens (including phenoxy) is 1. The Kier molecular flexibility index (Phi) is 27.9. The van der Waals surface area contributed by atoms with Crippen LogP contribution in [0.25, 0.3) is 0 Å². The van der Waals surface area contributed by atoms with Crippen LogP contribution in [-0.2, 0) is 62.3 Å². The van der Waals surface area contributed by atoms with Gasteiger partial charge in [-0.3, -0.25) is 67.6 Å². The van der Waals surface area contributed by atoms with Crippen LogP contribution in [-0.4, -0.2) is 169 Å². The van der Waals surface area contributed by atoms with E-state index in [0.29, 0.717) is 6.42 Å². The van der Waals surface area contributed by atoms with E-state index in [1.165, 1.54) is 59.7 Å². The molecular weight excluding hydrogens is 1030 g/mol. The second kappa shape index (κ2) is 32.2. The second-order valence-corrected chi connectivity index (χ2v) is 18.2. The van der Waals surface area contributed by atoms with Crippen molar-refractivity contribution >= 4 is 82.7 Å². The van der Waals surface area contributed by atoms with Crippen molar-refractivity contribution in [3.8, 4) is 5.75 Å². The van der Waals surface area contributed by atoms with Crippen LogP contribution in [0.2, 0.25) is 0 Å². The standard InChI is InChI=1S/C46H69N11O20/c1-9-11-28(46(74)77-26-13-10-12-25(16-26)57(75)76)51-39(67)23(7)49-43(71)35(20(2)3)55-44(72)36(21(4)5)54-41(69)30(18-34(64)65)53-40(68)27(14-15-32(60)61)50-45(73)37(24(8)58)56-42(70)29(17-33(62)63)52-38(66)22(6)48-31(59)19-47/h10,12-13,16,20-24,27-30,35-37,58H,9,11,14-15,17-19,47H2,1-8H3,(H,48,59)(H,49,71)(H,50,73)(H,51,67)(H,52,66)(H,53,68)(H,54,69)(H,55,72)(H,56,70)(H,60,61)(H,62,63)(H,64,65)/t22-,23-,24+,27-,28-,29-,30-,35-,36-,37-/m0/s1. The molecule has 1 aromatic carbocycles. The number of amides is 9. The molecular formula is C46H69N11O20. The molecule has 1 rings (SSSR count). The zero-order chi connectivity index (χ0) is 59.0. The Bertz CT molecular complexity index is 2350. The first-order valence-electron chi connectivity index (χ1n) is 24.1. The van der Waals surface area contributed by atoms with Crippen molar-refractivity contribution in [3.05, 3.63) is 34.4 Å². The summed E-state index contributed by atoms with van der Waals surface area (Å²) in [6.07, 6.45) is -5.21. The number of carboxylic acid groups (broad SMARTS) is 3. The molecule has 0 unspecified atom stereocenters. The lowest BCUT2D eigenvalue weighted by atomic mass is 9.99. The molecule has 0 bridgehead atoms. The van der Waals surface area contributed by atoms with Crippen molar-refractivity contribution in [3.63, 3.8) is 0 Å². The first kappa shape index (κ1) is 66.7. The lowest BCUT2D eigenvalue weighted by molar-refractivity contribution is -0.384. The van der Waals surface area contributed by atoms with Gasteiger partial charge in [0.1, 0.15) is 60.1 Å². The number of nitro groups is 1. The maximum absolute atomic E-state index is 13.8. The lowest BCUT2D eigenvalue weighted by Gasteiger charge is -2.29. The molecule has 15 N–H and O–H groups in total. The van der Waals surface area contributed by atoms with Crippen LogP contribution >= 0.6 is 0 Å². The Labute approximate surface area is 440 Å². The van der Waals surface area contributed by atoms with Gasteiger partial charge in [0.2, 0.25) is 53.2 Å². The van der Waals surface area contributed by atoms with E-state index < -0.39 is 187 Å². The van der Waals surface area contributed by atoms with Crippen LogP contribution < -0.4 is 58.3 Å². The van der Waals surface area contributed by atoms with E-state index in [2.05, 4.69) is 42.5 Å². The molecule has 0 aliphatic rings. The van der Waals surface area contributed by atoms with Gasteiger partial charge in [-0.25, -0.2) is 4.79 Å². The third-order valence-electron chi connectivity index (χ3n) is 11.0. The first-order chi connectivity index (χ1) is 35.8. The van der Waals surface area contributed by atoms with Crippen LogP contribution in [0, 0.1) is 22.0 Å². The normalized spacial score (nSPS) is 14.9. The van der Waals surface area contributed by atoms with Crippen molar-refractivity contribution in [2.24, 2.45) is 17.6 Å². The summed E-state index contributed by atoms with van der Waals surface area (Å²) in [6.45, 7) is 10.6. The fourth-order valence-corrected chi connectivity index (χ4v) is 6.78. The van der Waals surface area contributed by atoms with Crippen LogP contribution in [0.4, 0.5) is 5.69 Å². The van der Waals surface area contributed by atoms with Crippen LogP contribution in [0.1, 0.15) is 93.9 Å². The summed E-state index contributed by atoms with van der Waals surface area (Å²) < 4.78 is 5.26. The fourth-order valence-electron chi connectivity index (χ4n) is 6.78. The van der Waals surface area contributed by atoms with Crippen molar-refractivity contribution in [1.82, 2.24) is 47.9 Å². The number of rotatable bonds is 33. The number of aliphatic hydroxyl groups excluding tert-OH is 1. The molecule has 0 aliphatic carbocycles. The number of esters is 1. The topological polar surface area (TPSA) is 489 Å². The van der Waals surface area contributed by atoms with E-state index in [1.807, 2.05) is 5.32 Å². The van der Waals surface area contributed by atoms with Crippen LogP contribution in [0.15, 0.2) is 24.3 Å². The fraction of sp³-hybridized carbons (Fsp3) is 0.587. The summed E-state index contributed by atoms with van der Waals surface area (Å²) in [5, 5.41) is 70.4. The molecule has 0 aromatic heterocycles. The summed E-state index contributed by atoms with van der Waals surface area (Å²) in [6, 6.07) is -10.1. The van der Waals surface area contributed by atoms with Gasteiger partial charge in [0.05, 0.1) is 36.5 Å². The number of carbonyl (C=O) groups excluding carboxylic acids is 10. The van der Waals surface area contributed by atoms with Crippen molar-refractivity contribution in [2.75, 3.05) is 6.54 Å². The number of nitro benzene ring substituents is 1. The molecule has 31 heteroatoms. The Morgan fingerprint density at radius 3 is 1.44 bits per heavy atom. The highest BCUT2D eigenvalue weighted by Crippen LogP contribution is 2.20. The maximum Gasteiger partial charge on any atom is 0.334 e. The number of benzene rings is 1. The Morgan fingerprint density at radius 2 is 0.987 bits per heavy atom. The zero-order valence-corrected chi connectivity index (χ0v) is 43.5. The monoisotopic (exact) mass is 1100 g/mol. The molecule has 0 saturated heterocycles. The number of hydrogen-bond donors (Lipinski definition) is 14. The summed E-state index contributed by atoms with van der Waals surface area (Å²) in [7, 11) is 0. The van der Waals surface area contributed by atoms with E-state index in [0.717, 1.165) is 13.0 Å². The predicted octanol–water partition coefficient (Wildman–Crippen LogP) is -3.83. The van der Waals surface area contributed by atoms with E-state index >= 15 is 0 Å². The minimum absolute atomic E-state index is 0.0722. The highest BCUT2D eigenvalue weighted by Gasteiger charge is 2.38. The number of nitrogens with one attached hydrogen (secondary N) is 9. The molecule has 428 valence electrons. The molecule has 31 nitrogen and oxygen atoms in total. The Balaban J connectivity index is 3.31. The molecule has 0 heterocycles. The van der Waals surface area contributed by atoms with Crippen LogP contribution in [0.3, 0.4) is 0 Å². The average molecular weight is 1100 g/mol. The van der Waals surface area contributed by atoms with Gasteiger partial charge < -0.3 is 78.7 Å². The van der Waals surface area contributed by atoms with Crippen molar-refractivity contribution < 1.29 is 92.4 Å². The van der Waals surface area contributed by atoms with Gasteiger partial charge in [-0.1, -0.05) is 47.1 Å². The number of non-ortho nitro benzene ring substituents is 1. The highest BCUT2D eigenvalue weighted by atomic mass is 16.6. The van der Waals surface area contributed by atoms with Gasteiger partial charge in [-0.05, 0) is 51.5 Å². The zero-order valence-electron chi connectivity index (χ0n) is 43.5. The number of aliphatic hydroxyl groups is 1. The summed E-state index contributed by atoms with van der Waals surface area (Å²) in [5.74, 6) is -17.4. The third-order valence-corrected chi connectivity index (χ3v) is 11.0. The molecule has 0 spiro atoms. The van der Waals surface area contributed by atoms with E-state index in [-0.39, 0.29) is 17.9 Å². The number of nitrogens with zero attached hydrogens (tertiary/aromatic N) is 1. The smallest absolute Gasteiger partial charge is 0.334 e. The number of carbonyl (C=O) groups is 13. The number of nitrogens with two attached hydrogens (primary N) is 1. The van der Waals surface area contributed by atoms with E-state index in [9.17, 15) is 92.9 Å². The Hall–Kier alpha value is -8.35. The van der Waals surface area contributed by atoms with E-state index in [4.69, 9.17) is 10.5 Å². The largest absolute Gasteiger partial charge is 0.481 e. The third kappa shape index (κ3) is 23.4. The molecule has 10 atom stereocenters. The Morgan fingerprint density at radius 1 is 0.558 bits per heavy atom. The summed E-state index contributed by atoms with van der Waals surface area (Å²) >= 11 is 0. The molecule has 77 heavy (non-hydrogen) atoms. The lowest BCUT2D eigenvalue weighted by Crippen LogP contribution is -2.62. The first-order valence-corrected chi connectivity index (χ1v) is 24.1. The SMILES string of the molecule is CCC[C@H](NC(=O)[C@H](C)NC(=O)[C@@H](NC(=O)[C@@H](NC(=O)[C@H](CC(=O)O)NC(=O)[C@H](CCC(=O)O)NC(=O)[C@@H](NC(=O)[C@H](CC(=O)O)NC(=O)[C@H](C)NC(=O)CN)[C@@H](C)O)C(C)C)C(C)C)C(=O)Oc1cccc([N+](=O)[O-])c1. The summed E-state index contributed by atoms with van der Waals surface area (Å²) in [4.78, 5) is 178. The van der Waals surface area contributed by atoms with Crippen LogP contribution in [0.5, 0.6) is 5.75 Å². The molecule has 0 saturated carbocycles. The minimum atomic E-state index is -2.05. The minimum Gasteiger partial charge on any atom is -0.481 e. The number of aliphatic carboxylic acids is 3. The maximum atomic E-state index is 13.8. The average Bonchev–Trinajstić information content (AvgIpc) is 3.33. The van der Waals surface area contributed by atoms with Crippen molar-refractivity contribution in [1.29, 1.82) is 0 Å². The van der Waals surface area contributed by atoms with E-state index in [1.54, 1.807) is 6.92 Å². The molecule has 0 radical (unpaired) electrons. The van der Waals surface area contributed by atoms with Gasteiger partial charge in [0.25, 0.3) is 5.69 Å². The number of carboxylic acids is 3. The predicted molar refractivity (Wildman–Crippen MR) is 264 cm³/mol. The molecule has 1 aromatic rings. The van der Waals surface area contributed by atoms with Gasteiger partial charge in [-0.15, -0.1) is 0 Å². The quantitative estimate of drug-likeness (QED) is 0.0139. The number of hydrogen-bond acceptors (Lipinski definition) is 18. The molecule has 0 fully saturated rings. The van der Waals surface area contributed by atoms with Gasteiger partial charge in [-0.2, -0.15) is 0 Å². The molecule has 0 aliphatic heterocycles. The molecule has 9 amide bonds. The summed E-state index contributed by atoms with van der Waals surface area (Å²) in [5.41, 5.74) is 4.87. The van der Waals surface area contributed by atoms with Gasteiger partial charge in [0.15, 0.2) is 0 Å². The van der Waals surface area contributed by atoms with Crippen molar-refractivity contribution in [2.45, 2.75) is 154 Å². The van der Waals surface area contributed by atoms with Gasteiger partial charge in [0, 0.05) is 12.5 Å². The second-order valence-electron chi connectivity index (χ2n) is 18.2. The van der Waals surface area contributed by atoms with Gasteiger partial charge >= 0.3 is 23.9 Å². The highest BCUT2D eigenvalue weighted by molar-refractivity contribution is 6.00.